The first-order chi connectivity index (χ1) is 11.8. The Labute approximate surface area is 166 Å². The van der Waals surface area contributed by atoms with Crippen LogP contribution in [0.1, 0.15) is 29.2 Å². The third-order valence-corrected chi connectivity index (χ3v) is 9.29. The maximum Gasteiger partial charge on any atom is -0.0149 e. The predicted molar refractivity (Wildman–Crippen MR) is 116 cm³/mol. The summed E-state index contributed by atoms with van der Waals surface area (Å²) in [6.45, 7) is 11.2. The fraction of sp³-hybridized carbons (Fsp3) is 0.227. The van der Waals surface area contributed by atoms with E-state index in [-0.39, 0.29) is 11.0 Å². The molecule has 26 heavy (non-hydrogen) atoms. The summed E-state index contributed by atoms with van der Waals surface area (Å²) >= 11 is -2.45. The van der Waals surface area contributed by atoms with E-state index in [4.69, 9.17) is 0 Å². The van der Waals surface area contributed by atoms with Crippen molar-refractivity contribution < 1.29 is 21.6 Å². The molecule has 2 aromatic carbocycles. The van der Waals surface area contributed by atoms with Gasteiger partial charge in [0, 0.05) is 0 Å². The van der Waals surface area contributed by atoms with Crippen molar-refractivity contribution in [2.45, 2.75) is 28.5 Å². The Kier molecular flexibility index (Phi) is 8.01. The number of amides is 1. The van der Waals surface area contributed by atoms with Gasteiger partial charge in [-0.25, -0.2) is 0 Å². The third-order valence-electron chi connectivity index (χ3n) is 4.71. The number of allylic oxidation sites excluding steroid dienone is 2. The molecule has 1 aliphatic carbocycles. The molecule has 0 unspecified atom stereocenters. The molecule has 0 saturated carbocycles. The zero-order valence-electron chi connectivity index (χ0n) is 15.6. The van der Waals surface area contributed by atoms with Crippen LogP contribution >= 0.6 is 0 Å². The average Bonchev–Trinajstić information content (AvgIpc) is 2.90. The van der Waals surface area contributed by atoms with E-state index in [1.807, 2.05) is 13.8 Å². The maximum absolute atomic E-state index is 10.9. The van der Waals surface area contributed by atoms with Crippen LogP contribution in [-0.4, -0.2) is 17.4 Å². The van der Waals surface area contributed by atoms with Crippen LogP contribution in [0, 0.1) is 0 Å². The van der Waals surface area contributed by atoms with Gasteiger partial charge in [0.1, 0.15) is 0 Å². The summed E-state index contributed by atoms with van der Waals surface area (Å²) in [7, 11) is 0. The molecule has 1 N–H and O–H groups in total. The molecule has 2 aromatic rings. The van der Waals surface area contributed by atoms with Gasteiger partial charge in [-0.15, -0.1) is 0 Å². The van der Waals surface area contributed by atoms with Crippen LogP contribution in [0.15, 0.2) is 72.8 Å². The molecule has 0 fully saturated rings. The average molecular weight is 401 g/mol. The normalized spacial score (nSPS) is 11.8. The summed E-state index contributed by atoms with van der Waals surface area (Å²) in [5.41, 5.74) is 7.54. The van der Waals surface area contributed by atoms with Crippen LogP contribution in [0.3, 0.4) is 0 Å². The first kappa shape index (κ1) is 22.4. The second-order valence-corrected chi connectivity index (χ2v) is 13.9. The minimum atomic E-state index is -2.45. The number of benzene rings is 2. The van der Waals surface area contributed by atoms with Gasteiger partial charge < -0.3 is 0 Å². The number of nitrogens with one attached hydrogen (secondary N) is 1. The van der Waals surface area contributed by atoms with E-state index >= 15 is 0 Å². The topological polar surface area (TPSA) is 29.1 Å². The summed E-state index contributed by atoms with van der Waals surface area (Å²) in [4.78, 5) is 10.9. The molecule has 0 atom stereocenters. The van der Waals surface area contributed by atoms with E-state index in [0.717, 1.165) is 17.6 Å². The molecular formula is C22H31NOSiTi. The second kappa shape index (κ2) is 9.31. The van der Waals surface area contributed by atoms with E-state index < -0.39 is 16.8 Å². The van der Waals surface area contributed by atoms with Crippen molar-refractivity contribution in [3.05, 3.63) is 84.0 Å². The van der Waals surface area contributed by atoms with Crippen molar-refractivity contribution in [3.8, 4) is 11.1 Å². The summed E-state index contributed by atoms with van der Waals surface area (Å²) in [5, 5.41) is 4.52. The Morgan fingerprint density at radius 2 is 1.31 bits per heavy atom. The van der Waals surface area contributed by atoms with Crippen LogP contribution in [-0.2, 0) is 21.6 Å². The van der Waals surface area contributed by atoms with E-state index in [9.17, 15) is 4.79 Å². The first-order valence-electron chi connectivity index (χ1n) is 8.50. The SMILES string of the molecule is C=C(C)C(=C)C.[CH3][Ti]([CH3])([NH]C=O)[CH]1c2ccccc2-c2ccccc21.[SiH4]. The number of hydrogen-bond acceptors (Lipinski definition) is 1. The van der Waals surface area contributed by atoms with Gasteiger partial charge in [-0.3, -0.25) is 0 Å². The molecule has 0 aromatic heterocycles. The summed E-state index contributed by atoms with van der Waals surface area (Å²) in [6, 6.07) is 17.2. The van der Waals surface area contributed by atoms with Crippen LogP contribution in [0.2, 0.25) is 10.5 Å². The van der Waals surface area contributed by atoms with Gasteiger partial charge in [-0.1, -0.05) is 24.3 Å². The molecule has 1 aliphatic rings. The summed E-state index contributed by atoms with van der Waals surface area (Å²) in [6.07, 6.45) is 0.879. The van der Waals surface area contributed by atoms with E-state index in [2.05, 4.69) is 75.9 Å². The second-order valence-electron chi connectivity index (χ2n) is 7.15. The van der Waals surface area contributed by atoms with Crippen molar-refractivity contribution in [2.75, 3.05) is 0 Å². The first-order valence-corrected chi connectivity index (χ1v) is 13.3. The van der Waals surface area contributed by atoms with Gasteiger partial charge in [-0.05, 0) is 24.8 Å². The molecule has 2 nitrogen and oxygen atoms in total. The Bertz CT molecular complexity index is 756. The Balaban J connectivity index is 0.000000422. The Morgan fingerprint density at radius 3 is 1.65 bits per heavy atom. The van der Waals surface area contributed by atoms with Crippen molar-refractivity contribution in [1.82, 2.24) is 3.80 Å². The minimum Gasteiger partial charge on any atom is -0.0149 e. The van der Waals surface area contributed by atoms with Crippen LogP contribution in [0.5, 0.6) is 0 Å². The zero-order chi connectivity index (χ0) is 18.6. The molecule has 0 saturated heterocycles. The molecular weight excluding hydrogens is 370 g/mol. The van der Waals surface area contributed by atoms with E-state index in [1.165, 1.54) is 22.3 Å². The quantitative estimate of drug-likeness (QED) is 0.461. The molecule has 0 aliphatic heterocycles. The maximum atomic E-state index is 10.9. The fourth-order valence-corrected chi connectivity index (χ4v) is 7.12. The summed E-state index contributed by atoms with van der Waals surface area (Å²) in [5.74, 6) is 0. The molecule has 0 radical (unpaired) electrons. The van der Waals surface area contributed by atoms with Crippen LogP contribution in [0.25, 0.3) is 11.1 Å². The van der Waals surface area contributed by atoms with Crippen molar-refractivity contribution >= 4 is 17.4 Å². The van der Waals surface area contributed by atoms with Crippen molar-refractivity contribution in [2.24, 2.45) is 0 Å². The number of carbonyl (C=O) groups excluding carboxylic acids is 1. The van der Waals surface area contributed by atoms with Gasteiger partial charge in [0.25, 0.3) is 0 Å². The smallest absolute Gasteiger partial charge is 0.0149 e. The Morgan fingerprint density at radius 1 is 0.923 bits per heavy atom. The van der Waals surface area contributed by atoms with Gasteiger partial charge in [-0.2, -0.15) is 0 Å². The number of fused-ring (bicyclic) bond motifs is 3. The van der Waals surface area contributed by atoms with E-state index in [1.54, 1.807) is 0 Å². The van der Waals surface area contributed by atoms with Gasteiger partial charge in [0.05, 0.1) is 0 Å². The van der Waals surface area contributed by atoms with Crippen molar-refractivity contribution in [3.63, 3.8) is 0 Å². The monoisotopic (exact) mass is 401 g/mol. The molecule has 0 bridgehead atoms. The molecule has 138 valence electrons. The van der Waals surface area contributed by atoms with Crippen molar-refractivity contribution in [1.29, 1.82) is 0 Å². The number of carbonyl (C=O) groups is 1. The number of rotatable bonds is 4. The molecule has 0 spiro atoms. The zero-order valence-corrected chi connectivity index (χ0v) is 17.2. The molecule has 3 rings (SSSR count). The van der Waals surface area contributed by atoms with Gasteiger partial charge in [0.2, 0.25) is 0 Å². The predicted octanol–water partition coefficient (Wildman–Crippen LogP) is 4.35. The molecule has 4 heteroatoms. The largest absolute Gasteiger partial charge is 0.0149 e. The van der Waals surface area contributed by atoms with Crippen LogP contribution in [0.4, 0.5) is 0 Å². The fourth-order valence-electron chi connectivity index (χ4n) is 3.17. The minimum absolute atomic E-state index is 0. The van der Waals surface area contributed by atoms with Gasteiger partial charge in [0.15, 0.2) is 0 Å². The Hall–Kier alpha value is -1.68. The van der Waals surface area contributed by atoms with E-state index in [0.29, 0.717) is 4.22 Å². The van der Waals surface area contributed by atoms with Gasteiger partial charge >= 0.3 is 117 Å². The molecule has 1 amide bonds. The van der Waals surface area contributed by atoms with Crippen LogP contribution < -0.4 is 3.80 Å². The molecule has 0 heterocycles. The standard InChI is InChI=1S/C13H9.C6H10.CH3NO.2CH3.H4Si.Ti/c1-3-7-12-10(5-1)9-11-6-2-4-8-13(11)12;1-5(2)6(3)4;2-1-3;;;;/h1-9H;1,3H2,2,4H3;1H,(H2,2,3);2*1H3;1H4;/q;;;;;;+1/p-1. The summed E-state index contributed by atoms with van der Waals surface area (Å²) < 4.78 is 3.54. The third kappa shape index (κ3) is 4.73. The number of hydrogen-bond donors (Lipinski definition) is 1.